The van der Waals surface area contributed by atoms with E-state index in [1.165, 1.54) is 0 Å². The van der Waals surface area contributed by atoms with Crippen molar-refractivity contribution in [1.29, 1.82) is 0 Å². The summed E-state index contributed by atoms with van der Waals surface area (Å²) >= 11 is 6.61. The molecule has 0 aliphatic heterocycles. The van der Waals surface area contributed by atoms with E-state index >= 15 is 0 Å². The van der Waals surface area contributed by atoms with Crippen molar-refractivity contribution in [3.8, 4) is 0 Å². The quantitative estimate of drug-likeness (QED) is 0.484. The van der Waals surface area contributed by atoms with E-state index in [1.807, 2.05) is 6.26 Å². The topological polar surface area (TPSA) is 9.23 Å². The molecule has 1 nitrogen and oxygen atoms in total. The van der Waals surface area contributed by atoms with Gasteiger partial charge in [0.2, 0.25) is 0 Å². The van der Waals surface area contributed by atoms with Crippen LogP contribution in [0.4, 0.5) is 0 Å². The highest BCUT2D eigenvalue weighted by molar-refractivity contribution is 7.98. The predicted molar refractivity (Wildman–Crippen MR) is 51.5 cm³/mol. The highest BCUT2D eigenvalue weighted by atomic mass is 32.2. The van der Waals surface area contributed by atoms with E-state index in [-0.39, 0.29) is 0 Å². The summed E-state index contributed by atoms with van der Waals surface area (Å²) in [6.07, 6.45) is 2.90. The summed E-state index contributed by atoms with van der Waals surface area (Å²) in [5.41, 5.74) is 0. The van der Waals surface area contributed by atoms with Gasteiger partial charge in [-0.3, -0.25) is 0 Å². The van der Waals surface area contributed by atoms with Crippen molar-refractivity contribution in [3.05, 3.63) is 0 Å². The van der Waals surface area contributed by atoms with Crippen LogP contribution in [-0.4, -0.2) is 17.2 Å². The van der Waals surface area contributed by atoms with Gasteiger partial charge in [-0.15, -0.1) is 11.8 Å². The Balaban J connectivity index is 3.26. The first kappa shape index (κ1) is 10.2. The first-order valence-electron chi connectivity index (χ1n) is 3.31. The van der Waals surface area contributed by atoms with Gasteiger partial charge in [0.15, 0.2) is 5.05 Å². The third-order valence-electron chi connectivity index (χ3n) is 0.913. The minimum atomic E-state index is 0.606. The average Bonchev–Trinajstić information content (AvgIpc) is 1.82. The molecule has 0 bridgehead atoms. The minimum absolute atomic E-state index is 0.606. The van der Waals surface area contributed by atoms with Gasteiger partial charge in [0.25, 0.3) is 0 Å². The van der Waals surface area contributed by atoms with Crippen LogP contribution in [0.5, 0.6) is 0 Å². The number of ether oxygens (including phenoxy) is 1. The third-order valence-corrected chi connectivity index (χ3v) is 1.55. The Morgan fingerprint density at radius 3 is 2.60 bits per heavy atom. The minimum Gasteiger partial charge on any atom is -0.476 e. The molecule has 0 saturated heterocycles. The molecule has 0 aromatic rings. The van der Waals surface area contributed by atoms with Gasteiger partial charge in [0.1, 0.15) is 5.94 Å². The molecule has 0 saturated carbocycles. The highest BCUT2D eigenvalue weighted by Crippen LogP contribution is 2.04. The average molecular weight is 178 g/mol. The SMILES string of the molecule is CSCOC(=S)CC(C)C. The highest BCUT2D eigenvalue weighted by Gasteiger charge is 1.99. The maximum absolute atomic E-state index is 5.20. The Morgan fingerprint density at radius 1 is 1.60 bits per heavy atom. The largest absolute Gasteiger partial charge is 0.476 e. The molecule has 0 amide bonds. The molecule has 0 aromatic carbocycles. The van der Waals surface area contributed by atoms with Crippen LogP contribution in [0.3, 0.4) is 0 Å². The van der Waals surface area contributed by atoms with Gasteiger partial charge in [-0.2, -0.15) is 0 Å². The molecule has 0 heterocycles. The lowest BCUT2D eigenvalue weighted by atomic mass is 10.1. The lowest BCUT2D eigenvalue weighted by Gasteiger charge is -2.06. The van der Waals surface area contributed by atoms with Crippen LogP contribution in [0.1, 0.15) is 20.3 Å². The van der Waals surface area contributed by atoms with Crippen LogP contribution < -0.4 is 0 Å². The van der Waals surface area contributed by atoms with Crippen molar-refractivity contribution in [2.75, 3.05) is 12.2 Å². The Kier molecular flexibility index (Phi) is 6.13. The molecule has 0 N–H and O–H groups in total. The van der Waals surface area contributed by atoms with Crippen LogP contribution in [0, 0.1) is 5.92 Å². The maximum atomic E-state index is 5.20. The van der Waals surface area contributed by atoms with Crippen LogP contribution in [0.25, 0.3) is 0 Å². The molecule has 0 aliphatic carbocycles. The number of hydrogen-bond acceptors (Lipinski definition) is 3. The summed E-state index contributed by atoms with van der Waals surface area (Å²) in [5, 5.41) is 0.740. The van der Waals surface area contributed by atoms with E-state index < -0.39 is 0 Å². The number of rotatable bonds is 4. The standard InChI is InChI=1S/C7H14OS2/c1-6(2)4-7(9)8-5-10-3/h6H,4-5H2,1-3H3. The van der Waals surface area contributed by atoms with Gasteiger partial charge in [-0.25, -0.2) is 0 Å². The van der Waals surface area contributed by atoms with Crippen molar-refractivity contribution in [3.63, 3.8) is 0 Å². The van der Waals surface area contributed by atoms with Crippen molar-refractivity contribution >= 4 is 29.0 Å². The fourth-order valence-corrected chi connectivity index (χ4v) is 1.24. The first-order chi connectivity index (χ1) is 4.66. The van der Waals surface area contributed by atoms with E-state index in [0.717, 1.165) is 11.5 Å². The van der Waals surface area contributed by atoms with Gasteiger partial charge < -0.3 is 4.74 Å². The number of hydrogen-bond donors (Lipinski definition) is 0. The summed E-state index contributed by atoms with van der Waals surface area (Å²) in [4.78, 5) is 0. The molecule has 0 aliphatic rings. The van der Waals surface area contributed by atoms with Crippen molar-refractivity contribution in [1.82, 2.24) is 0 Å². The molecular weight excluding hydrogens is 164 g/mol. The molecule has 0 atom stereocenters. The van der Waals surface area contributed by atoms with Gasteiger partial charge in [-0.05, 0) is 24.4 Å². The first-order valence-corrected chi connectivity index (χ1v) is 5.11. The van der Waals surface area contributed by atoms with E-state index in [2.05, 4.69) is 13.8 Å². The Bertz CT molecular complexity index is 102. The molecule has 0 radical (unpaired) electrons. The van der Waals surface area contributed by atoms with E-state index in [1.54, 1.807) is 11.8 Å². The fourth-order valence-electron chi connectivity index (χ4n) is 0.517. The molecule has 60 valence electrons. The summed E-state index contributed by atoms with van der Waals surface area (Å²) in [6.45, 7) is 4.27. The lowest BCUT2D eigenvalue weighted by Crippen LogP contribution is -2.04. The predicted octanol–water partition coefficient (Wildman–Crippen LogP) is 2.70. The number of thioether (sulfide) groups is 1. The van der Waals surface area contributed by atoms with E-state index in [0.29, 0.717) is 11.9 Å². The van der Waals surface area contributed by atoms with Crippen molar-refractivity contribution in [2.24, 2.45) is 5.92 Å². The molecule has 0 unspecified atom stereocenters. The van der Waals surface area contributed by atoms with Crippen LogP contribution in [0.2, 0.25) is 0 Å². The second kappa shape index (κ2) is 5.98. The zero-order valence-corrected chi connectivity index (χ0v) is 8.35. The van der Waals surface area contributed by atoms with Crippen LogP contribution >= 0.6 is 24.0 Å². The fraction of sp³-hybridized carbons (Fsp3) is 0.857. The number of thiocarbonyl (C=S) groups is 1. The second-order valence-electron chi connectivity index (χ2n) is 2.52. The zero-order chi connectivity index (χ0) is 7.98. The summed E-state index contributed by atoms with van der Waals surface area (Å²) in [7, 11) is 0. The lowest BCUT2D eigenvalue weighted by molar-refractivity contribution is 0.372. The van der Waals surface area contributed by atoms with E-state index in [4.69, 9.17) is 17.0 Å². The molecule has 10 heavy (non-hydrogen) atoms. The summed E-state index contributed by atoms with van der Waals surface area (Å²) in [6, 6.07) is 0. The Hall–Kier alpha value is 0.240. The van der Waals surface area contributed by atoms with Gasteiger partial charge >= 0.3 is 0 Å². The maximum Gasteiger partial charge on any atom is 0.161 e. The Labute approximate surface area is 72.5 Å². The van der Waals surface area contributed by atoms with Crippen molar-refractivity contribution < 1.29 is 4.74 Å². The second-order valence-corrected chi connectivity index (χ2v) is 3.79. The molecular formula is C7H14OS2. The van der Waals surface area contributed by atoms with E-state index in [9.17, 15) is 0 Å². The molecule has 0 aromatic heterocycles. The van der Waals surface area contributed by atoms with Crippen molar-refractivity contribution in [2.45, 2.75) is 20.3 Å². The van der Waals surface area contributed by atoms with Gasteiger partial charge in [-0.1, -0.05) is 13.8 Å². The monoisotopic (exact) mass is 178 g/mol. The molecule has 0 rings (SSSR count). The zero-order valence-electron chi connectivity index (χ0n) is 6.72. The molecule has 0 fully saturated rings. The Morgan fingerprint density at radius 2 is 2.20 bits per heavy atom. The molecule has 0 spiro atoms. The van der Waals surface area contributed by atoms with Crippen LogP contribution in [0.15, 0.2) is 0 Å². The van der Waals surface area contributed by atoms with Crippen LogP contribution in [-0.2, 0) is 4.74 Å². The summed E-state index contributed by atoms with van der Waals surface area (Å²) in [5.74, 6) is 1.29. The third kappa shape index (κ3) is 6.36. The summed E-state index contributed by atoms with van der Waals surface area (Å²) < 4.78 is 5.20. The van der Waals surface area contributed by atoms with Gasteiger partial charge in [0.05, 0.1) is 0 Å². The smallest absolute Gasteiger partial charge is 0.161 e. The van der Waals surface area contributed by atoms with Gasteiger partial charge in [0, 0.05) is 6.42 Å². The molecule has 3 heteroatoms. The normalized spacial score (nSPS) is 10.0.